The molecule has 2 aliphatic heterocycles. The monoisotopic (exact) mass is 459 g/mol. The molecule has 5 rings (SSSR count). The van der Waals surface area contributed by atoms with Crippen molar-refractivity contribution in [3.8, 4) is 5.69 Å². The van der Waals surface area contributed by atoms with Crippen molar-refractivity contribution in [1.29, 1.82) is 0 Å². The maximum absolute atomic E-state index is 12.5. The van der Waals surface area contributed by atoms with E-state index in [9.17, 15) is 9.59 Å². The highest BCUT2D eigenvalue weighted by Crippen LogP contribution is 2.44. The van der Waals surface area contributed by atoms with Crippen molar-refractivity contribution in [2.24, 2.45) is 29.2 Å². The lowest BCUT2D eigenvalue weighted by atomic mass is 9.97. The highest BCUT2D eigenvalue weighted by molar-refractivity contribution is 5.88. The van der Waals surface area contributed by atoms with Crippen molar-refractivity contribution in [2.45, 2.75) is 19.0 Å². The molecule has 9 nitrogen and oxygen atoms in total. The molecule has 32 heavy (non-hydrogen) atoms. The van der Waals surface area contributed by atoms with Crippen LogP contribution in [0.2, 0.25) is 0 Å². The molecular weight excluding hydrogens is 430 g/mol. The van der Waals surface area contributed by atoms with Crippen LogP contribution >= 0.6 is 12.4 Å². The highest BCUT2D eigenvalue weighted by atomic mass is 35.5. The third kappa shape index (κ3) is 4.52. The molecule has 10 heteroatoms. The van der Waals surface area contributed by atoms with Crippen LogP contribution in [0, 0.1) is 17.8 Å². The van der Waals surface area contributed by atoms with Gasteiger partial charge in [0.25, 0.3) is 0 Å². The number of piperidine rings is 1. The average Bonchev–Trinajstić information content (AvgIpc) is 3.11. The number of fused-ring (bicyclic) bond motifs is 1. The Morgan fingerprint density at radius 3 is 2.41 bits per heavy atom. The van der Waals surface area contributed by atoms with Gasteiger partial charge in [0.2, 0.25) is 0 Å². The molecule has 2 aromatic rings. The first-order valence-corrected chi connectivity index (χ1v) is 10.9. The molecule has 0 bridgehead atoms. The van der Waals surface area contributed by atoms with Gasteiger partial charge in [0, 0.05) is 45.0 Å². The van der Waals surface area contributed by atoms with Crippen LogP contribution in [0.15, 0.2) is 41.3 Å². The number of benzene rings is 1. The van der Waals surface area contributed by atoms with Gasteiger partial charge < -0.3 is 16.4 Å². The highest BCUT2D eigenvalue weighted by Gasteiger charge is 2.53. The fourth-order valence-corrected chi connectivity index (χ4v) is 4.82. The van der Waals surface area contributed by atoms with Crippen LogP contribution in [-0.2, 0) is 6.54 Å². The summed E-state index contributed by atoms with van der Waals surface area (Å²) in [6.45, 7) is 5.08. The molecule has 1 aromatic carbocycles. The number of nitrogens with zero attached hydrogens (tertiary/aromatic N) is 4. The van der Waals surface area contributed by atoms with E-state index in [-0.39, 0.29) is 24.3 Å². The molecule has 172 valence electrons. The van der Waals surface area contributed by atoms with Crippen molar-refractivity contribution >= 4 is 24.3 Å². The number of urea groups is 1. The molecule has 2 unspecified atom stereocenters. The molecule has 3 aliphatic rings. The van der Waals surface area contributed by atoms with Gasteiger partial charge in [0.1, 0.15) is 5.82 Å². The number of likely N-dealkylation sites (tertiary alicyclic amines) is 2. The van der Waals surface area contributed by atoms with Crippen LogP contribution in [0.5, 0.6) is 0 Å². The first kappa shape index (κ1) is 22.7. The second-order valence-corrected chi connectivity index (χ2v) is 9.01. The Bertz CT molecular complexity index is 1010. The Kier molecular flexibility index (Phi) is 6.52. The van der Waals surface area contributed by atoms with E-state index in [1.54, 1.807) is 17.2 Å². The zero-order valence-corrected chi connectivity index (χ0v) is 18.7. The first-order valence-electron chi connectivity index (χ1n) is 10.9. The van der Waals surface area contributed by atoms with Crippen molar-refractivity contribution in [1.82, 2.24) is 19.4 Å². The van der Waals surface area contributed by atoms with Crippen LogP contribution < -0.4 is 22.5 Å². The van der Waals surface area contributed by atoms with E-state index < -0.39 is 5.69 Å². The van der Waals surface area contributed by atoms with E-state index in [0.29, 0.717) is 43.4 Å². The van der Waals surface area contributed by atoms with E-state index >= 15 is 0 Å². The van der Waals surface area contributed by atoms with Crippen LogP contribution in [0.3, 0.4) is 0 Å². The molecule has 2 saturated heterocycles. The number of aromatic nitrogens is 2. The lowest BCUT2D eigenvalue weighted by Crippen LogP contribution is -2.52. The summed E-state index contributed by atoms with van der Waals surface area (Å²) in [6.07, 6.45) is 2.56. The van der Waals surface area contributed by atoms with Gasteiger partial charge >= 0.3 is 11.7 Å². The van der Waals surface area contributed by atoms with Crippen LogP contribution in [0.25, 0.3) is 5.69 Å². The van der Waals surface area contributed by atoms with Crippen molar-refractivity contribution < 1.29 is 4.79 Å². The molecule has 2 atom stereocenters. The van der Waals surface area contributed by atoms with Gasteiger partial charge in [0.15, 0.2) is 0 Å². The second-order valence-electron chi connectivity index (χ2n) is 9.01. The number of hydrogen-bond donors (Lipinski definition) is 3. The largest absolute Gasteiger partial charge is 0.354 e. The Balaban J connectivity index is 0.00000245. The fourth-order valence-electron chi connectivity index (χ4n) is 4.82. The Morgan fingerprint density at radius 2 is 1.78 bits per heavy atom. The van der Waals surface area contributed by atoms with Crippen molar-refractivity contribution in [2.75, 3.05) is 38.0 Å². The number of halogens is 1. The summed E-state index contributed by atoms with van der Waals surface area (Å²) in [5.41, 5.74) is 13.1. The summed E-state index contributed by atoms with van der Waals surface area (Å²) < 4.78 is 1.48. The molecule has 1 aromatic heterocycles. The summed E-state index contributed by atoms with van der Waals surface area (Å²) in [6, 6.07) is 9.76. The number of amides is 2. The van der Waals surface area contributed by atoms with Crippen LogP contribution in [0.1, 0.15) is 12.0 Å². The van der Waals surface area contributed by atoms with Crippen molar-refractivity contribution in [3.05, 3.63) is 52.6 Å². The third-order valence-electron chi connectivity index (χ3n) is 6.81. The minimum Gasteiger partial charge on any atom is -0.330 e. The molecule has 0 spiro atoms. The zero-order valence-electron chi connectivity index (χ0n) is 17.9. The number of nitrogens with one attached hydrogen (secondary N) is 1. The SMILES string of the molecule is Cl.NCCC1CN(C(=O)Nc2ccn(-c3ccc(CN4CC5C(N)C5C4)cc3)c(=O)n2)C1. The lowest BCUT2D eigenvalue weighted by molar-refractivity contribution is 0.127. The van der Waals surface area contributed by atoms with Gasteiger partial charge in [-0.1, -0.05) is 12.1 Å². The van der Waals surface area contributed by atoms with E-state index in [1.165, 1.54) is 10.1 Å². The van der Waals surface area contributed by atoms with Gasteiger partial charge in [-0.25, -0.2) is 9.59 Å². The minimum atomic E-state index is -0.427. The van der Waals surface area contributed by atoms with Gasteiger partial charge in [-0.15, -0.1) is 12.4 Å². The smallest absolute Gasteiger partial charge is 0.330 e. The quantitative estimate of drug-likeness (QED) is 0.588. The van der Waals surface area contributed by atoms with Crippen LogP contribution in [-0.4, -0.2) is 64.1 Å². The summed E-state index contributed by atoms with van der Waals surface area (Å²) in [4.78, 5) is 32.9. The van der Waals surface area contributed by atoms with E-state index in [2.05, 4.69) is 15.2 Å². The third-order valence-corrected chi connectivity index (χ3v) is 6.81. The van der Waals surface area contributed by atoms with Gasteiger partial charge in [-0.05, 0) is 54.5 Å². The Labute approximate surface area is 193 Å². The standard InChI is InChI=1S/C22H29N7O2.ClH/c23-7-5-15-10-28(11-15)21(30)25-19-6-8-29(22(31)26-19)16-3-1-14(2-4-16)9-27-12-17-18(13-27)20(17)24;/h1-4,6,8,15,17-18,20H,5,7,9-13,23-24H2,(H,25,26,30,31);1H. The molecule has 3 heterocycles. The number of anilines is 1. The molecule has 3 fully saturated rings. The maximum atomic E-state index is 12.5. The summed E-state index contributed by atoms with van der Waals surface area (Å²) >= 11 is 0. The summed E-state index contributed by atoms with van der Waals surface area (Å²) in [7, 11) is 0. The number of hydrogen-bond acceptors (Lipinski definition) is 6. The van der Waals surface area contributed by atoms with E-state index in [4.69, 9.17) is 11.5 Å². The number of carbonyl (C=O) groups excluding carboxylic acids is 1. The van der Waals surface area contributed by atoms with Gasteiger partial charge in [-0.2, -0.15) is 4.98 Å². The fraction of sp³-hybridized carbons (Fsp3) is 0.500. The molecule has 0 radical (unpaired) electrons. The normalized spacial score (nSPS) is 24.4. The Hall–Kier alpha value is -2.46. The topological polar surface area (TPSA) is 123 Å². The predicted octanol–water partition coefficient (Wildman–Crippen LogP) is 0.856. The van der Waals surface area contributed by atoms with Crippen LogP contribution in [0.4, 0.5) is 10.6 Å². The number of rotatable bonds is 6. The van der Waals surface area contributed by atoms with Gasteiger partial charge in [0.05, 0.1) is 5.69 Å². The van der Waals surface area contributed by atoms with Gasteiger partial charge in [-0.3, -0.25) is 14.8 Å². The van der Waals surface area contributed by atoms with E-state index in [0.717, 1.165) is 31.7 Å². The summed E-state index contributed by atoms with van der Waals surface area (Å²) in [5, 5.41) is 2.70. The second kappa shape index (κ2) is 9.19. The Morgan fingerprint density at radius 1 is 1.09 bits per heavy atom. The number of nitrogens with two attached hydrogens (primary N) is 2. The molecule has 1 aliphatic carbocycles. The maximum Gasteiger partial charge on any atom is 0.354 e. The van der Waals surface area contributed by atoms with Crippen molar-refractivity contribution in [3.63, 3.8) is 0 Å². The summed E-state index contributed by atoms with van der Waals surface area (Å²) in [5.74, 6) is 2.08. The minimum absolute atomic E-state index is 0. The first-order chi connectivity index (χ1) is 15.0. The molecule has 5 N–H and O–H groups in total. The zero-order chi connectivity index (χ0) is 21.5. The number of carbonyl (C=O) groups is 1. The molecular formula is C22H30ClN7O2. The molecule has 2 amide bonds. The lowest BCUT2D eigenvalue weighted by Gasteiger charge is -2.38. The predicted molar refractivity (Wildman–Crippen MR) is 125 cm³/mol. The molecule has 1 saturated carbocycles. The average molecular weight is 460 g/mol. The van der Waals surface area contributed by atoms with E-state index in [1.807, 2.05) is 24.3 Å².